The highest BCUT2D eigenvalue weighted by molar-refractivity contribution is 7.03. The van der Waals surface area contributed by atoms with Crippen LogP contribution in [0.2, 0.25) is 0 Å². The van der Waals surface area contributed by atoms with E-state index in [4.69, 9.17) is 0 Å². The first-order valence-electron chi connectivity index (χ1n) is 9.86. The lowest BCUT2D eigenvalue weighted by molar-refractivity contribution is -0.123. The molecular formula is C23H26N4O2S. The topological polar surface area (TPSA) is 75.2 Å². The predicted molar refractivity (Wildman–Crippen MR) is 120 cm³/mol. The summed E-state index contributed by atoms with van der Waals surface area (Å²) in [5, 5.41) is 8.57. The van der Waals surface area contributed by atoms with Gasteiger partial charge in [-0.05, 0) is 62.0 Å². The molecule has 3 rings (SSSR count). The Kier molecular flexibility index (Phi) is 6.62. The zero-order chi connectivity index (χ0) is 21.7. The molecule has 1 atom stereocenters. The number of hydrogen-bond donors (Lipinski definition) is 1. The molecule has 1 heterocycles. The van der Waals surface area contributed by atoms with Gasteiger partial charge in [0.1, 0.15) is 6.04 Å². The molecule has 156 valence electrons. The minimum absolute atomic E-state index is 0.212. The molecule has 2 aromatic carbocycles. The summed E-state index contributed by atoms with van der Waals surface area (Å²) >= 11 is 1.10. The maximum absolute atomic E-state index is 13.5. The average Bonchev–Trinajstić information content (AvgIpc) is 3.26. The summed E-state index contributed by atoms with van der Waals surface area (Å²) in [5.41, 5.74) is 2.26. The molecule has 1 N–H and O–H groups in total. The average molecular weight is 423 g/mol. The van der Waals surface area contributed by atoms with Crippen molar-refractivity contribution in [1.29, 1.82) is 0 Å². The fourth-order valence-electron chi connectivity index (χ4n) is 3.15. The molecule has 0 aliphatic rings. The first-order chi connectivity index (χ1) is 14.3. The Morgan fingerprint density at radius 3 is 2.27 bits per heavy atom. The number of nitrogens with one attached hydrogen (secondary N) is 1. The molecular weight excluding hydrogens is 396 g/mol. The van der Waals surface area contributed by atoms with E-state index in [0.717, 1.165) is 29.1 Å². The molecule has 0 saturated heterocycles. The van der Waals surface area contributed by atoms with Crippen LogP contribution in [0, 0.1) is 0 Å². The van der Waals surface area contributed by atoms with Gasteiger partial charge < -0.3 is 5.32 Å². The standard InChI is InChI=1S/C23H26N4O2S/c1-5-16-11-13-18(14-12-16)27(22(29)19-15-30-26-25-19)20(17-9-7-6-8-10-17)21(28)24-23(2,3)4/h6-15,20H,5H2,1-4H3,(H,24,28). The van der Waals surface area contributed by atoms with E-state index in [1.807, 2.05) is 75.4 Å². The van der Waals surface area contributed by atoms with Gasteiger partial charge in [-0.2, -0.15) is 0 Å². The Morgan fingerprint density at radius 1 is 1.07 bits per heavy atom. The molecule has 1 aromatic heterocycles. The van der Waals surface area contributed by atoms with Gasteiger partial charge in [0.2, 0.25) is 5.91 Å². The van der Waals surface area contributed by atoms with Crippen molar-refractivity contribution in [3.8, 4) is 0 Å². The molecule has 6 nitrogen and oxygen atoms in total. The van der Waals surface area contributed by atoms with Crippen molar-refractivity contribution in [1.82, 2.24) is 14.9 Å². The van der Waals surface area contributed by atoms with Crippen LogP contribution in [0.25, 0.3) is 0 Å². The second-order valence-corrected chi connectivity index (χ2v) is 8.65. The van der Waals surface area contributed by atoms with Gasteiger partial charge in [0.05, 0.1) is 0 Å². The van der Waals surface area contributed by atoms with Gasteiger partial charge in [-0.3, -0.25) is 14.5 Å². The third-order valence-electron chi connectivity index (χ3n) is 4.54. The molecule has 30 heavy (non-hydrogen) atoms. The van der Waals surface area contributed by atoms with E-state index in [0.29, 0.717) is 5.69 Å². The molecule has 0 aliphatic heterocycles. The fourth-order valence-corrected chi connectivity index (χ4v) is 3.58. The number of carbonyl (C=O) groups is 2. The lowest BCUT2D eigenvalue weighted by Gasteiger charge is -2.33. The van der Waals surface area contributed by atoms with Gasteiger partial charge in [-0.15, -0.1) is 5.10 Å². The van der Waals surface area contributed by atoms with E-state index in [-0.39, 0.29) is 17.5 Å². The zero-order valence-corrected chi connectivity index (χ0v) is 18.4. The Balaban J connectivity index is 2.14. The highest BCUT2D eigenvalue weighted by Crippen LogP contribution is 2.30. The Morgan fingerprint density at radius 2 is 1.73 bits per heavy atom. The first kappa shape index (κ1) is 21.6. The van der Waals surface area contributed by atoms with Crippen molar-refractivity contribution in [3.63, 3.8) is 0 Å². The summed E-state index contributed by atoms with van der Waals surface area (Å²) in [5.74, 6) is -0.629. The van der Waals surface area contributed by atoms with E-state index < -0.39 is 11.6 Å². The van der Waals surface area contributed by atoms with Gasteiger partial charge in [0.15, 0.2) is 5.69 Å². The number of anilines is 1. The second kappa shape index (κ2) is 9.17. The number of amides is 2. The van der Waals surface area contributed by atoms with Gasteiger partial charge >= 0.3 is 0 Å². The van der Waals surface area contributed by atoms with Crippen LogP contribution in [0.3, 0.4) is 0 Å². The van der Waals surface area contributed by atoms with Crippen molar-refractivity contribution in [3.05, 3.63) is 76.8 Å². The maximum atomic E-state index is 13.5. The van der Waals surface area contributed by atoms with Crippen molar-refractivity contribution < 1.29 is 9.59 Å². The number of rotatable bonds is 6. The minimum Gasteiger partial charge on any atom is -0.349 e. The molecule has 0 saturated carbocycles. The van der Waals surface area contributed by atoms with E-state index in [9.17, 15) is 9.59 Å². The van der Waals surface area contributed by atoms with Gasteiger partial charge in [0, 0.05) is 16.6 Å². The number of benzene rings is 2. The third kappa shape index (κ3) is 5.10. The molecule has 1 unspecified atom stereocenters. The molecule has 0 aliphatic carbocycles. The van der Waals surface area contributed by atoms with E-state index in [1.165, 1.54) is 4.90 Å². The van der Waals surface area contributed by atoms with Gasteiger partial charge in [0.25, 0.3) is 5.91 Å². The lowest BCUT2D eigenvalue weighted by Crippen LogP contribution is -2.49. The summed E-state index contributed by atoms with van der Waals surface area (Å²) < 4.78 is 3.83. The second-order valence-electron chi connectivity index (χ2n) is 8.04. The summed E-state index contributed by atoms with van der Waals surface area (Å²) in [4.78, 5) is 28.4. The van der Waals surface area contributed by atoms with E-state index in [1.54, 1.807) is 5.38 Å². The fraction of sp³-hybridized carbons (Fsp3) is 0.304. The van der Waals surface area contributed by atoms with Crippen molar-refractivity contribution in [2.75, 3.05) is 4.90 Å². The number of hydrogen-bond acceptors (Lipinski definition) is 5. The number of carbonyl (C=O) groups excluding carboxylic acids is 2. The lowest BCUT2D eigenvalue weighted by atomic mass is 10.00. The summed E-state index contributed by atoms with van der Waals surface area (Å²) in [6.07, 6.45) is 0.886. The van der Waals surface area contributed by atoms with Crippen molar-refractivity contribution in [2.45, 2.75) is 45.7 Å². The van der Waals surface area contributed by atoms with E-state index in [2.05, 4.69) is 21.8 Å². The van der Waals surface area contributed by atoms with Gasteiger partial charge in [-0.1, -0.05) is 53.9 Å². The van der Waals surface area contributed by atoms with Gasteiger partial charge in [-0.25, -0.2) is 0 Å². The highest BCUT2D eigenvalue weighted by Gasteiger charge is 2.35. The molecule has 2 amide bonds. The Bertz CT molecular complexity index is 980. The van der Waals surface area contributed by atoms with Crippen LogP contribution in [0.15, 0.2) is 60.0 Å². The predicted octanol–water partition coefficient (Wildman–Crippen LogP) is 4.40. The SMILES string of the molecule is CCc1ccc(N(C(=O)c2csnn2)C(C(=O)NC(C)(C)C)c2ccccc2)cc1. The molecule has 0 fully saturated rings. The number of aryl methyl sites for hydroxylation is 1. The van der Waals surface area contributed by atoms with E-state index >= 15 is 0 Å². The monoisotopic (exact) mass is 422 g/mol. The number of nitrogens with zero attached hydrogens (tertiary/aromatic N) is 3. The molecule has 3 aromatic rings. The molecule has 7 heteroatoms. The summed E-state index contributed by atoms with van der Waals surface area (Å²) in [7, 11) is 0. The maximum Gasteiger partial charge on any atom is 0.280 e. The van der Waals surface area contributed by atoms with Crippen molar-refractivity contribution in [2.24, 2.45) is 0 Å². The van der Waals surface area contributed by atoms with Crippen LogP contribution in [0.4, 0.5) is 5.69 Å². The van der Waals surface area contributed by atoms with Crippen LogP contribution < -0.4 is 10.2 Å². The quantitative estimate of drug-likeness (QED) is 0.639. The van der Waals surface area contributed by atoms with Crippen LogP contribution in [-0.2, 0) is 11.2 Å². The zero-order valence-electron chi connectivity index (χ0n) is 17.6. The Hall–Kier alpha value is -3.06. The summed E-state index contributed by atoms with van der Waals surface area (Å²) in [6.45, 7) is 7.82. The molecule has 0 radical (unpaired) electrons. The largest absolute Gasteiger partial charge is 0.349 e. The Labute approximate surface area is 181 Å². The smallest absolute Gasteiger partial charge is 0.280 e. The minimum atomic E-state index is -0.855. The highest BCUT2D eigenvalue weighted by atomic mass is 32.1. The van der Waals surface area contributed by atoms with Crippen LogP contribution in [0.5, 0.6) is 0 Å². The van der Waals surface area contributed by atoms with Crippen molar-refractivity contribution >= 4 is 29.0 Å². The molecule has 0 spiro atoms. The third-order valence-corrected chi connectivity index (χ3v) is 5.05. The van der Waals surface area contributed by atoms with Crippen LogP contribution >= 0.6 is 11.5 Å². The van der Waals surface area contributed by atoms with Crippen LogP contribution in [-0.4, -0.2) is 26.9 Å². The van der Waals surface area contributed by atoms with Crippen LogP contribution in [0.1, 0.15) is 55.4 Å². The summed E-state index contributed by atoms with van der Waals surface area (Å²) in [6, 6.07) is 16.1. The first-order valence-corrected chi connectivity index (χ1v) is 10.7. The normalized spacial score (nSPS) is 12.3. The molecule has 0 bridgehead atoms. The number of aromatic nitrogens is 2.